The van der Waals surface area contributed by atoms with Crippen LogP contribution >= 0.6 is 22.6 Å². The van der Waals surface area contributed by atoms with Gasteiger partial charge in [0.1, 0.15) is 25.1 Å². The molecule has 2 amide bonds. The standard InChI is InChI=1S/C35H52IN3O9/c1-22(2)26-6-5-23(3)15-29(26)47-21-32(42)39(9-8-38-10-13-46-14-11-38)28-18-25(35(44)37-7-12-40)19-30(33(28)43)48-34-27(36)16-24(20-41)17-31(34)45-4/h16-17,19-20,22-23,26,28-30,33,40,43H,5-15,18,21H2,1-4H3,(H,37,44)/t23-,26+,28+,29-,30-,33-/m0/s1. The lowest BCUT2D eigenvalue weighted by Crippen LogP contribution is -2.57. The van der Waals surface area contributed by atoms with Crippen molar-refractivity contribution < 1.29 is 43.5 Å². The van der Waals surface area contributed by atoms with Crippen LogP contribution in [0.25, 0.3) is 0 Å². The molecule has 3 N–H and O–H groups in total. The highest BCUT2D eigenvalue weighted by Gasteiger charge is 2.41. The molecule has 1 aromatic rings. The third kappa shape index (κ3) is 10.1. The molecule has 0 unspecified atom stereocenters. The molecule has 3 aliphatic rings. The van der Waals surface area contributed by atoms with Crippen LogP contribution < -0.4 is 14.8 Å². The maximum atomic E-state index is 14.2. The summed E-state index contributed by atoms with van der Waals surface area (Å²) in [5, 5.41) is 24.0. The molecule has 0 bridgehead atoms. The normalized spacial score (nSPS) is 26.5. The van der Waals surface area contributed by atoms with E-state index in [0.29, 0.717) is 76.5 Å². The average molecular weight is 786 g/mol. The van der Waals surface area contributed by atoms with Crippen molar-refractivity contribution in [2.24, 2.45) is 17.8 Å². The molecule has 6 atom stereocenters. The molecule has 12 nitrogen and oxygen atoms in total. The number of halogens is 1. The molecule has 13 heteroatoms. The first kappa shape index (κ1) is 38.5. The summed E-state index contributed by atoms with van der Waals surface area (Å²) in [7, 11) is 1.46. The van der Waals surface area contributed by atoms with E-state index >= 15 is 0 Å². The lowest BCUT2D eigenvalue weighted by atomic mass is 9.75. The van der Waals surface area contributed by atoms with Gasteiger partial charge in [0.2, 0.25) is 11.8 Å². The highest BCUT2D eigenvalue weighted by molar-refractivity contribution is 14.1. The van der Waals surface area contributed by atoms with Gasteiger partial charge in [0.15, 0.2) is 11.5 Å². The minimum absolute atomic E-state index is 0.0326. The molecule has 1 saturated heterocycles. The van der Waals surface area contributed by atoms with Gasteiger partial charge in [0.05, 0.1) is 42.6 Å². The Kier molecular flexibility index (Phi) is 14.9. The Hall–Kier alpha value is -2.30. The number of morpholine rings is 1. The van der Waals surface area contributed by atoms with Gasteiger partial charge >= 0.3 is 0 Å². The number of aliphatic hydroxyl groups excluding tert-OH is 2. The smallest absolute Gasteiger partial charge is 0.248 e. The SMILES string of the molecule is COc1cc(C=O)cc(I)c1O[C@H]1C=C(C(=O)NCCO)C[C@@H](N(CCN2CCOCC2)C(=O)CO[C@H]2C[C@@H](C)CC[C@@H]2C(C)C)[C@@H]1O. The number of nitrogens with one attached hydrogen (secondary N) is 1. The number of ether oxygens (including phenoxy) is 4. The average Bonchev–Trinajstić information content (AvgIpc) is 3.08. The number of methoxy groups -OCH3 is 1. The van der Waals surface area contributed by atoms with E-state index in [1.807, 2.05) is 22.6 Å². The molecule has 2 fully saturated rings. The van der Waals surface area contributed by atoms with E-state index in [1.165, 1.54) is 7.11 Å². The summed E-state index contributed by atoms with van der Waals surface area (Å²) in [6.07, 6.45) is 3.18. The largest absolute Gasteiger partial charge is 0.493 e. The number of carbonyl (C=O) groups excluding carboxylic acids is 3. The number of amides is 2. The van der Waals surface area contributed by atoms with Gasteiger partial charge in [-0.15, -0.1) is 0 Å². The van der Waals surface area contributed by atoms with Crippen LogP contribution in [-0.4, -0.2) is 129 Å². The van der Waals surface area contributed by atoms with Crippen molar-refractivity contribution >= 4 is 40.7 Å². The van der Waals surface area contributed by atoms with E-state index in [-0.39, 0.29) is 38.2 Å². The number of nitrogens with zero attached hydrogens (tertiary/aromatic N) is 2. The first-order valence-electron chi connectivity index (χ1n) is 17.0. The first-order valence-corrected chi connectivity index (χ1v) is 18.1. The summed E-state index contributed by atoms with van der Waals surface area (Å²) in [5.41, 5.74) is 0.727. The Morgan fingerprint density at radius 2 is 1.98 bits per heavy atom. The number of carbonyl (C=O) groups is 3. The van der Waals surface area contributed by atoms with Crippen LogP contribution in [0, 0.1) is 21.3 Å². The van der Waals surface area contributed by atoms with Crippen LogP contribution in [0.4, 0.5) is 0 Å². The zero-order valence-corrected chi connectivity index (χ0v) is 30.7. The zero-order chi connectivity index (χ0) is 34.8. The topological polar surface area (TPSA) is 147 Å². The van der Waals surface area contributed by atoms with E-state index < -0.39 is 24.2 Å². The molecule has 0 aromatic heterocycles. The van der Waals surface area contributed by atoms with E-state index in [0.717, 1.165) is 32.4 Å². The highest BCUT2D eigenvalue weighted by atomic mass is 127. The van der Waals surface area contributed by atoms with Crippen LogP contribution in [-0.2, 0) is 19.1 Å². The molecular formula is C35H52IN3O9. The van der Waals surface area contributed by atoms with E-state index in [2.05, 4.69) is 31.0 Å². The monoisotopic (exact) mass is 785 g/mol. The molecule has 268 valence electrons. The quantitative estimate of drug-likeness (QED) is 0.179. The summed E-state index contributed by atoms with van der Waals surface area (Å²) in [4.78, 5) is 42.9. The third-order valence-corrected chi connectivity index (χ3v) is 10.5. The molecule has 1 saturated carbocycles. The lowest BCUT2D eigenvalue weighted by Gasteiger charge is -2.42. The van der Waals surface area contributed by atoms with Crippen LogP contribution in [0.2, 0.25) is 0 Å². The highest BCUT2D eigenvalue weighted by Crippen LogP contribution is 2.38. The van der Waals surface area contributed by atoms with Gasteiger partial charge in [0.25, 0.3) is 0 Å². The van der Waals surface area contributed by atoms with E-state index in [4.69, 9.17) is 18.9 Å². The fourth-order valence-corrected chi connectivity index (χ4v) is 7.71. The van der Waals surface area contributed by atoms with Gasteiger partial charge in [-0.3, -0.25) is 19.3 Å². The Balaban J connectivity index is 1.64. The number of benzene rings is 1. The molecule has 0 radical (unpaired) electrons. The number of aliphatic hydroxyl groups is 2. The molecule has 1 aromatic carbocycles. The molecule has 1 heterocycles. The van der Waals surface area contributed by atoms with Gasteiger partial charge in [-0.1, -0.05) is 27.2 Å². The molecule has 4 rings (SSSR count). The number of aldehydes is 1. The van der Waals surface area contributed by atoms with Crippen molar-refractivity contribution in [3.8, 4) is 11.5 Å². The fraction of sp³-hybridized carbons (Fsp3) is 0.686. The predicted molar refractivity (Wildman–Crippen MR) is 188 cm³/mol. The Morgan fingerprint density at radius 1 is 1.23 bits per heavy atom. The molecule has 0 spiro atoms. The molecule has 48 heavy (non-hydrogen) atoms. The maximum absolute atomic E-state index is 14.2. The Labute approximate surface area is 297 Å². The summed E-state index contributed by atoms with van der Waals surface area (Å²) in [6.45, 7) is 9.86. The van der Waals surface area contributed by atoms with Crippen molar-refractivity contribution in [2.45, 2.75) is 70.8 Å². The Bertz CT molecular complexity index is 1270. The van der Waals surface area contributed by atoms with Crippen LogP contribution in [0.1, 0.15) is 56.8 Å². The number of hydrogen-bond donors (Lipinski definition) is 3. The second-order valence-electron chi connectivity index (χ2n) is 13.4. The van der Waals surface area contributed by atoms with Crippen LogP contribution in [0.5, 0.6) is 11.5 Å². The minimum atomic E-state index is -1.21. The third-order valence-electron chi connectivity index (χ3n) is 9.72. The zero-order valence-electron chi connectivity index (χ0n) is 28.6. The van der Waals surface area contributed by atoms with Gasteiger partial charge < -0.3 is 39.4 Å². The minimum Gasteiger partial charge on any atom is -0.493 e. The summed E-state index contributed by atoms with van der Waals surface area (Å²) >= 11 is 2.04. The second kappa shape index (κ2) is 18.6. The lowest BCUT2D eigenvalue weighted by molar-refractivity contribution is -0.149. The van der Waals surface area contributed by atoms with Crippen molar-refractivity contribution in [1.82, 2.24) is 15.1 Å². The van der Waals surface area contributed by atoms with Crippen molar-refractivity contribution in [2.75, 3.05) is 66.3 Å². The van der Waals surface area contributed by atoms with Crippen LogP contribution in [0.3, 0.4) is 0 Å². The van der Waals surface area contributed by atoms with Gasteiger partial charge in [-0.25, -0.2) is 0 Å². The van der Waals surface area contributed by atoms with Crippen molar-refractivity contribution in [3.63, 3.8) is 0 Å². The molecule has 2 aliphatic carbocycles. The van der Waals surface area contributed by atoms with Crippen LogP contribution in [0.15, 0.2) is 23.8 Å². The summed E-state index contributed by atoms with van der Waals surface area (Å²) < 4.78 is 24.4. The van der Waals surface area contributed by atoms with Crippen molar-refractivity contribution in [3.05, 3.63) is 32.9 Å². The number of hydrogen-bond acceptors (Lipinski definition) is 10. The van der Waals surface area contributed by atoms with Gasteiger partial charge in [-0.05, 0) is 71.4 Å². The Morgan fingerprint density at radius 3 is 2.65 bits per heavy atom. The summed E-state index contributed by atoms with van der Waals surface area (Å²) in [5.74, 6) is 1.24. The first-order chi connectivity index (χ1) is 23.1. The van der Waals surface area contributed by atoms with Gasteiger partial charge in [-0.2, -0.15) is 0 Å². The predicted octanol–water partition coefficient (Wildman–Crippen LogP) is 2.67. The fourth-order valence-electron chi connectivity index (χ4n) is 6.95. The van der Waals surface area contributed by atoms with Crippen molar-refractivity contribution in [1.29, 1.82) is 0 Å². The van der Waals surface area contributed by atoms with E-state index in [9.17, 15) is 24.6 Å². The number of rotatable bonds is 15. The summed E-state index contributed by atoms with van der Waals surface area (Å²) in [6, 6.07) is 2.38. The van der Waals surface area contributed by atoms with Gasteiger partial charge in [0, 0.05) is 50.3 Å². The second-order valence-corrected chi connectivity index (χ2v) is 14.5. The molecular weight excluding hydrogens is 733 g/mol. The maximum Gasteiger partial charge on any atom is 0.248 e. The van der Waals surface area contributed by atoms with E-state index in [1.54, 1.807) is 23.1 Å². The molecule has 1 aliphatic heterocycles.